The molecule has 2 amide bonds. The van der Waals surface area contributed by atoms with E-state index in [1.807, 2.05) is 0 Å². The number of carbonyl (C=O) groups is 2. The second-order valence-electron chi connectivity index (χ2n) is 6.52. The molecule has 0 spiro atoms. The number of hydrogen-bond acceptors (Lipinski definition) is 4. The molecule has 0 saturated carbocycles. The third kappa shape index (κ3) is 4.75. The molecule has 0 atom stereocenters. The highest BCUT2D eigenvalue weighted by Gasteiger charge is 2.13. The lowest BCUT2D eigenvalue weighted by atomic mass is 10.1. The van der Waals surface area contributed by atoms with E-state index in [0.717, 1.165) is 0 Å². The maximum Gasteiger partial charge on any atom is 0.255 e. The molecular weight excluding hydrogens is 387 g/mol. The lowest BCUT2D eigenvalue weighted by molar-refractivity contribution is 0.101. The van der Waals surface area contributed by atoms with Gasteiger partial charge in [-0.1, -0.05) is 6.07 Å². The predicted octanol–water partition coefficient (Wildman–Crippen LogP) is 4.66. The first kappa shape index (κ1) is 20.9. The highest BCUT2D eigenvalue weighted by Crippen LogP contribution is 2.29. The van der Waals surface area contributed by atoms with Crippen LogP contribution < -0.4 is 20.1 Å². The van der Waals surface area contributed by atoms with Gasteiger partial charge in [0, 0.05) is 16.8 Å². The van der Waals surface area contributed by atoms with Crippen molar-refractivity contribution in [2.24, 2.45) is 0 Å². The number of methoxy groups -OCH3 is 2. The van der Waals surface area contributed by atoms with Crippen molar-refractivity contribution in [1.29, 1.82) is 0 Å². The van der Waals surface area contributed by atoms with E-state index >= 15 is 0 Å². The minimum atomic E-state index is -0.466. The molecular formula is C23H21FN2O4. The zero-order valence-electron chi connectivity index (χ0n) is 16.8. The number of halogens is 1. The summed E-state index contributed by atoms with van der Waals surface area (Å²) < 4.78 is 24.1. The number of rotatable bonds is 6. The standard InChI is InChI=1S/C23H21FN2O4/c1-14-4-5-16(12-19(14)24)23(28)25-17-8-11-21(30-3)20(13-17)26-22(27)15-6-9-18(29-2)10-7-15/h4-13H,1-3H3,(H,25,28)(H,26,27). The van der Waals surface area contributed by atoms with Crippen LogP contribution in [0, 0.1) is 12.7 Å². The van der Waals surface area contributed by atoms with Gasteiger partial charge in [0.25, 0.3) is 11.8 Å². The van der Waals surface area contributed by atoms with Crippen LogP contribution in [0.25, 0.3) is 0 Å². The van der Waals surface area contributed by atoms with E-state index in [-0.39, 0.29) is 11.5 Å². The first-order valence-corrected chi connectivity index (χ1v) is 9.12. The van der Waals surface area contributed by atoms with Crippen molar-refractivity contribution < 1.29 is 23.5 Å². The van der Waals surface area contributed by atoms with Gasteiger partial charge in [-0.3, -0.25) is 9.59 Å². The van der Waals surface area contributed by atoms with E-state index in [1.54, 1.807) is 68.6 Å². The van der Waals surface area contributed by atoms with Crippen LogP contribution in [-0.4, -0.2) is 26.0 Å². The second kappa shape index (κ2) is 9.09. The van der Waals surface area contributed by atoms with E-state index in [1.165, 1.54) is 13.2 Å². The quantitative estimate of drug-likeness (QED) is 0.622. The molecule has 0 aliphatic rings. The molecule has 0 aliphatic heterocycles. The predicted molar refractivity (Wildman–Crippen MR) is 113 cm³/mol. The molecule has 2 N–H and O–H groups in total. The molecule has 3 aromatic carbocycles. The topological polar surface area (TPSA) is 76.7 Å². The van der Waals surface area contributed by atoms with Crippen molar-refractivity contribution in [3.05, 3.63) is 83.2 Å². The van der Waals surface area contributed by atoms with Crippen molar-refractivity contribution in [3.63, 3.8) is 0 Å². The van der Waals surface area contributed by atoms with Crippen molar-refractivity contribution in [1.82, 2.24) is 0 Å². The van der Waals surface area contributed by atoms with Crippen LogP contribution in [0.15, 0.2) is 60.7 Å². The van der Waals surface area contributed by atoms with Crippen LogP contribution in [0.5, 0.6) is 11.5 Å². The summed E-state index contributed by atoms with van der Waals surface area (Å²) in [5.74, 6) is -0.200. The molecule has 0 saturated heterocycles. The minimum absolute atomic E-state index is 0.192. The minimum Gasteiger partial charge on any atom is -0.497 e. The summed E-state index contributed by atoms with van der Waals surface area (Å²) in [4.78, 5) is 25.0. The monoisotopic (exact) mass is 408 g/mol. The van der Waals surface area contributed by atoms with Crippen LogP contribution in [0.1, 0.15) is 26.3 Å². The summed E-state index contributed by atoms with van der Waals surface area (Å²) in [5.41, 5.74) is 1.89. The normalized spacial score (nSPS) is 10.3. The van der Waals surface area contributed by atoms with Gasteiger partial charge in [0.2, 0.25) is 0 Å². The molecule has 0 aliphatic carbocycles. The fourth-order valence-electron chi connectivity index (χ4n) is 2.76. The lowest BCUT2D eigenvalue weighted by Crippen LogP contribution is -2.15. The average molecular weight is 408 g/mol. The first-order valence-electron chi connectivity index (χ1n) is 9.12. The van der Waals surface area contributed by atoms with Gasteiger partial charge in [-0.25, -0.2) is 4.39 Å². The number of aryl methyl sites for hydroxylation is 1. The van der Waals surface area contributed by atoms with Crippen molar-refractivity contribution in [2.45, 2.75) is 6.92 Å². The molecule has 0 heterocycles. The number of carbonyl (C=O) groups excluding carboxylic acids is 2. The Kier molecular flexibility index (Phi) is 6.32. The molecule has 0 radical (unpaired) electrons. The summed E-state index contributed by atoms with van der Waals surface area (Å²) in [7, 11) is 3.02. The Bertz CT molecular complexity index is 1080. The Morgan fingerprint density at radius 2 is 1.47 bits per heavy atom. The maximum atomic E-state index is 13.7. The molecule has 3 aromatic rings. The third-order valence-electron chi connectivity index (χ3n) is 4.49. The molecule has 0 aromatic heterocycles. The number of benzene rings is 3. The van der Waals surface area contributed by atoms with E-state index in [2.05, 4.69) is 10.6 Å². The molecule has 3 rings (SSSR count). The van der Waals surface area contributed by atoms with E-state index in [4.69, 9.17) is 9.47 Å². The van der Waals surface area contributed by atoms with Crippen molar-refractivity contribution >= 4 is 23.2 Å². The molecule has 154 valence electrons. The van der Waals surface area contributed by atoms with E-state index < -0.39 is 11.7 Å². The average Bonchev–Trinajstić information content (AvgIpc) is 2.76. The van der Waals surface area contributed by atoms with Crippen LogP contribution in [0.4, 0.5) is 15.8 Å². The van der Waals surface area contributed by atoms with Gasteiger partial charge in [0.15, 0.2) is 0 Å². The van der Waals surface area contributed by atoms with E-state index in [9.17, 15) is 14.0 Å². The maximum absolute atomic E-state index is 13.7. The molecule has 0 bridgehead atoms. The Labute approximate surface area is 173 Å². The largest absolute Gasteiger partial charge is 0.497 e. The SMILES string of the molecule is COc1ccc(C(=O)Nc2cc(NC(=O)c3ccc(C)c(F)c3)ccc2OC)cc1. The van der Waals surface area contributed by atoms with Crippen molar-refractivity contribution in [3.8, 4) is 11.5 Å². The highest BCUT2D eigenvalue weighted by atomic mass is 19.1. The Hall–Kier alpha value is -3.87. The van der Waals surface area contributed by atoms with Gasteiger partial charge in [0.05, 0.1) is 19.9 Å². The molecule has 30 heavy (non-hydrogen) atoms. The third-order valence-corrected chi connectivity index (χ3v) is 4.49. The fourth-order valence-corrected chi connectivity index (χ4v) is 2.76. The van der Waals surface area contributed by atoms with Gasteiger partial charge in [-0.05, 0) is 67.1 Å². The Balaban J connectivity index is 1.79. The van der Waals surface area contributed by atoms with Gasteiger partial charge in [-0.15, -0.1) is 0 Å². The highest BCUT2D eigenvalue weighted by molar-refractivity contribution is 6.07. The zero-order valence-corrected chi connectivity index (χ0v) is 16.8. The van der Waals surface area contributed by atoms with Gasteiger partial charge < -0.3 is 20.1 Å². The molecule has 7 heteroatoms. The number of amides is 2. The fraction of sp³-hybridized carbons (Fsp3) is 0.130. The lowest BCUT2D eigenvalue weighted by Gasteiger charge is -2.13. The number of nitrogens with one attached hydrogen (secondary N) is 2. The molecule has 6 nitrogen and oxygen atoms in total. The Morgan fingerprint density at radius 1 is 0.800 bits per heavy atom. The second-order valence-corrected chi connectivity index (χ2v) is 6.52. The zero-order chi connectivity index (χ0) is 21.7. The van der Waals surface area contributed by atoms with Gasteiger partial charge in [-0.2, -0.15) is 0 Å². The summed E-state index contributed by atoms with van der Waals surface area (Å²) in [6.07, 6.45) is 0. The molecule has 0 unspecified atom stereocenters. The summed E-state index contributed by atoms with van der Waals surface area (Å²) in [6, 6.07) is 15.7. The van der Waals surface area contributed by atoms with Gasteiger partial charge >= 0.3 is 0 Å². The smallest absolute Gasteiger partial charge is 0.255 e. The van der Waals surface area contributed by atoms with Crippen LogP contribution >= 0.6 is 0 Å². The summed E-state index contributed by atoms with van der Waals surface area (Å²) in [6.45, 7) is 1.62. The number of anilines is 2. The van der Waals surface area contributed by atoms with Crippen LogP contribution in [0.3, 0.4) is 0 Å². The van der Waals surface area contributed by atoms with Crippen LogP contribution in [0.2, 0.25) is 0 Å². The number of hydrogen-bond donors (Lipinski definition) is 2. The van der Waals surface area contributed by atoms with Gasteiger partial charge in [0.1, 0.15) is 17.3 Å². The van der Waals surface area contributed by atoms with Crippen LogP contribution in [-0.2, 0) is 0 Å². The molecule has 0 fully saturated rings. The Morgan fingerprint density at radius 3 is 2.10 bits per heavy atom. The van der Waals surface area contributed by atoms with E-state index in [0.29, 0.717) is 34.0 Å². The van der Waals surface area contributed by atoms with Crippen molar-refractivity contribution in [2.75, 3.05) is 24.9 Å². The summed E-state index contributed by atoms with van der Waals surface area (Å²) in [5, 5.41) is 5.46. The first-order chi connectivity index (χ1) is 14.4. The summed E-state index contributed by atoms with van der Waals surface area (Å²) >= 11 is 0. The number of ether oxygens (including phenoxy) is 2.